The fourth-order valence-electron chi connectivity index (χ4n) is 6.96. The van der Waals surface area contributed by atoms with Crippen LogP contribution >= 0.6 is 46.4 Å². The van der Waals surface area contributed by atoms with E-state index in [0.717, 1.165) is 9.80 Å². The molecule has 4 aromatic carbocycles. The van der Waals surface area contributed by atoms with Gasteiger partial charge < -0.3 is 0 Å². The zero-order valence-electron chi connectivity index (χ0n) is 24.5. The second-order valence-corrected chi connectivity index (χ2v) is 13.3. The van der Waals surface area contributed by atoms with Crippen LogP contribution < -0.4 is 19.9 Å². The highest BCUT2D eigenvalue weighted by Gasteiger charge is 2.69. The first kappa shape index (κ1) is 31.1. The summed E-state index contributed by atoms with van der Waals surface area (Å²) in [5.74, 6) is -4.59. The van der Waals surface area contributed by atoms with E-state index in [2.05, 4.69) is 0 Å². The highest BCUT2D eigenvalue weighted by molar-refractivity contribution is 6.43. The van der Waals surface area contributed by atoms with E-state index in [1.807, 2.05) is 12.1 Å². The van der Waals surface area contributed by atoms with E-state index in [-0.39, 0.29) is 31.5 Å². The Bertz CT molecular complexity index is 1860. The Morgan fingerprint density at radius 1 is 0.438 bits per heavy atom. The van der Waals surface area contributed by atoms with E-state index in [0.29, 0.717) is 11.4 Å². The number of hydrogen-bond acceptors (Lipinski definition) is 8. The van der Waals surface area contributed by atoms with Gasteiger partial charge in [0.05, 0.1) is 54.9 Å². The monoisotopic (exact) mass is 722 g/mol. The molecule has 6 atom stereocenters. The van der Waals surface area contributed by atoms with Crippen LogP contribution in [0.25, 0.3) is 0 Å². The lowest BCUT2D eigenvalue weighted by Crippen LogP contribution is -2.55. The summed E-state index contributed by atoms with van der Waals surface area (Å²) >= 11 is 24.8. The van der Waals surface area contributed by atoms with Crippen molar-refractivity contribution < 1.29 is 28.9 Å². The molecule has 4 fully saturated rings. The number of hydrogen-bond donors (Lipinski definition) is 0. The maximum absolute atomic E-state index is 14.4. The van der Waals surface area contributed by atoms with Crippen molar-refractivity contribution in [3.63, 3.8) is 0 Å². The van der Waals surface area contributed by atoms with Gasteiger partial charge in [0.15, 0.2) is 12.2 Å². The van der Waals surface area contributed by atoms with Gasteiger partial charge in [0.25, 0.3) is 11.8 Å². The SMILES string of the molecule is O=C1[C@@H]2[C@@H]([C@H]3[C@H]4C(=O)N(c5ccc(Cl)c(Cl)c5)C(=O)[C@@H]4ON3c3ccccc3)N(c3ccccc3)O[C@@H]2C(=O)N1c1ccc(Cl)c(Cl)c1. The lowest BCUT2D eigenvalue weighted by molar-refractivity contribution is -0.128. The van der Waals surface area contributed by atoms with Crippen molar-refractivity contribution in [1.82, 2.24) is 0 Å². The van der Waals surface area contributed by atoms with Crippen molar-refractivity contribution in [1.29, 1.82) is 0 Å². The molecule has 0 spiro atoms. The quantitative estimate of drug-likeness (QED) is 0.220. The topological polar surface area (TPSA) is 99.7 Å². The van der Waals surface area contributed by atoms with Crippen molar-refractivity contribution in [2.75, 3.05) is 19.9 Å². The van der Waals surface area contributed by atoms with Gasteiger partial charge in [-0.2, -0.15) is 0 Å². The summed E-state index contributed by atoms with van der Waals surface area (Å²) in [6, 6.07) is 24.8. The van der Waals surface area contributed by atoms with Crippen molar-refractivity contribution >= 4 is 92.8 Å². The van der Waals surface area contributed by atoms with E-state index in [1.165, 1.54) is 46.5 Å². The number of amides is 4. The van der Waals surface area contributed by atoms with Crippen LogP contribution in [0.4, 0.5) is 22.7 Å². The third kappa shape index (κ3) is 4.70. The molecule has 4 amide bonds. The van der Waals surface area contributed by atoms with Crippen LogP contribution in [0.15, 0.2) is 97.1 Å². The molecule has 0 N–H and O–H groups in total. The molecule has 0 aromatic heterocycles. The van der Waals surface area contributed by atoms with E-state index in [4.69, 9.17) is 56.1 Å². The summed E-state index contributed by atoms with van der Waals surface area (Å²) in [5.41, 5.74) is 1.52. The number of imide groups is 2. The summed E-state index contributed by atoms with van der Waals surface area (Å²) in [5, 5.41) is 3.82. The largest absolute Gasteiger partial charge is 0.273 e. The zero-order valence-corrected chi connectivity index (χ0v) is 27.5. The molecular weight excluding hydrogens is 702 g/mol. The molecule has 0 aliphatic carbocycles. The van der Waals surface area contributed by atoms with Gasteiger partial charge in [-0.15, -0.1) is 0 Å². The Labute approximate surface area is 293 Å². The van der Waals surface area contributed by atoms with E-state index in [9.17, 15) is 19.2 Å². The second-order valence-electron chi connectivity index (χ2n) is 11.6. The summed E-state index contributed by atoms with van der Waals surface area (Å²) in [6.45, 7) is 0. The molecule has 14 heteroatoms. The van der Waals surface area contributed by atoms with E-state index in [1.54, 1.807) is 48.5 Å². The molecule has 4 aliphatic rings. The Kier molecular flexibility index (Phi) is 7.63. The first-order chi connectivity index (χ1) is 23.2. The minimum atomic E-state index is -1.26. The normalized spacial score (nSPS) is 26.6. The number of carbonyl (C=O) groups is 4. The molecule has 4 saturated heterocycles. The molecule has 0 saturated carbocycles. The lowest BCUT2D eigenvalue weighted by Gasteiger charge is -2.37. The van der Waals surface area contributed by atoms with Crippen LogP contribution in [0, 0.1) is 11.8 Å². The van der Waals surface area contributed by atoms with Gasteiger partial charge >= 0.3 is 0 Å². The van der Waals surface area contributed by atoms with Crippen LogP contribution in [0.1, 0.15) is 0 Å². The first-order valence-corrected chi connectivity index (χ1v) is 16.3. The molecular formula is C34H22Cl4N4O6. The Morgan fingerprint density at radius 2 is 0.812 bits per heavy atom. The van der Waals surface area contributed by atoms with E-state index >= 15 is 0 Å². The average molecular weight is 724 g/mol. The summed E-state index contributed by atoms with van der Waals surface area (Å²) in [4.78, 5) is 71.7. The van der Waals surface area contributed by atoms with Crippen molar-refractivity contribution in [2.45, 2.75) is 24.3 Å². The predicted molar refractivity (Wildman–Crippen MR) is 180 cm³/mol. The van der Waals surface area contributed by atoms with Gasteiger partial charge in [-0.05, 0) is 60.7 Å². The number of carbonyl (C=O) groups excluding carboxylic acids is 4. The standard InChI is InChI=1S/C34H22Cl4N4O6/c35-21-13-11-19(15-23(21)37)39-31(43)25-27(41(47-29(25)33(39)45)17-7-3-1-4-8-17)28-26-30(48-42(28)18-9-5-2-6-10-18)34(46)40(32(26)44)20-12-14-22(36)24(38)16-20/h1-16,25-30H/t25-,26-,27-,28+,29-,30+/m1/s1. The molecule has 4 aliphatic heterocycles. The third-order valence-corrected chi connectivity index (χ3v) is 10.5. The van der Waals surface area contributed by atoms with Crippen molar-refractivity contribution in [3.05, 3.63) is 117 Å². The van der Waals surface area contributed by atoms with Gasteiger partial charge in [-0.3, -0.25) is 28.9 Å². The Morgan fingerprint density at radius 3 is 1.17 bits per heavy atom. The number of rotatable bonds is 5. The summed E-state index contributed by atoms with van der Waals surface area (Å²) in [6.07, 6.45) is -2.51. The molecule has 0 unspecified atom stereocenters. The van der Waals surface area contributed by atoms with Gasteiger partial charge in [0.2, 0.25) is 11.8 Å². The van der Waals surface area contributed by atoms with Crippen molar-refractivity contribution in [3.8, 4) is 0 Å². The fraction of sp³-hybridized carbons (Fsp3) is 0.176. The van der Waals surface area contributed by atoms with Crippen LogP contribution in [0.5, 0.6) is 0 Å². The van der Waals surface area contributed by atoms with Crippen LogP contribution in [0.2, 0.25) is 20.1 Å². The van der Waals surface area contributed by atoms with Gasteiger partial charge in [0, 0.05) is 0 Å². The molecule has 10 nitrogen and oxygen atoms in total. The molecule has 0 radical (unpaired) electrons. The van der Waals surface area contributed by atoms with Gasteiger partial charge in [-0.1, -0.05) is 82.8 Å². The van der Waals surface area contributed by atoms with E-state index < -0.39 is 59.8 Å². The fourth-order valence-corrected chi connectivity index (χ4v) is 7.54. The Balaban J connectivity index is 1.27. The molecule has 242 valence electrons. The molecule has 48 heavy (non-hydrogen) atoms. The predicted octanol–water partition coefficient (Wildman–Crippen LogP) is 6.36. The minimum absolute atomic E-state index is 0.162. The zero-order chi connectivity index (χ0) is 33.4. The highest BCUT2D eigenvalue weighted by Crippen LogP contribution is 2.50. The number of para-hydroxylation sites is 2. The summed E-state index contributed by atoms with van der Waals surface area (Å²) < 4.78 is 0. The number of nitrogens with zero attached hydrogens (tertiary/aromatic N) is 4. The number of hydroxylamine groups is 2. The minimum Gasteiger partial charge on any atom is -0.273 e. The second kappa shape index (κ2) is 11.8. The molecule has 8 rings (SSSR count). The van der Waals surface area contributed by atoms with Gasteiger partial charge in [-0.25, -0.2) is 19.9 Å². The van der Waals surface area contributed by atoms with Crippen LogP contribution in [-0.4, -0.2) is 47.9 Å². The number of fused-ring (bicyclic) bond motifs is 2. The molecule has 4 heterocycles. The third-order valence-electron chi connectivity index (χ3n) is 9.02. The number of halogens is 4. The molecule has 4 aromatic rings. The first-order valence-electron chi connectivity index (χ1n) is 14.8. The maximum atomic E-state index is 14.4. The smallest absolute Gasteiger partial charge is 0.266 e. The summed E-state index contributed by atoms with van der Waals surface area (Å²) in [7, 11) is 0. The number of anilines is 4. The van der Waals surface area contributed by atoms with Crippen LogP contribution in [0.3, 0.4) is 0 Å². The maximum Gasteiger partial charge on any atom is 0.266 e. The van der Waals surface area contributed by atoms with Crippen LogP contribution in [-0.2, 0) is 28.9 Å². The van der Waals surface area contributed by atoms with Gasteiger partial charge in [0.1, 0.15) is 11.8 Å². The molecule has 0 bridgehead atoms. The lowest BCUT2D eigenvalue weighted by atomic mass is 9.82. The average Bonchev–Trinajstić information content (AvgIpc) is 3.80. The highest BCUT2D eigenvalue weighted by atomic mass is 35.5. The Hall–Kier alpha value is -4.16. The van der Waals surface area contributed by atoms with Crippen molar-refractivity contribution in [2.24, 2.45) is 11.8 Å². The number of benzene rings is 4.